The third-order valence-corrected chi connectivity index (χ3v) is 4.87. The predicted octanol–water partition coefficient (Wildman–Crippen LogP) is 2.90. The molecule has 0 aliphatic rings. The summed E-state index contributed by atoms with van der Waals surface area (Å²) in [6.07, 6.45) is 5.06. The van der Waals surface area contributed by atoms with Gasteiger partial charge in [0.25, 0.3) is 11.8 Å². The number of nitrogens with one attached hydrogen (secondary N) is 2. The lowest BCUT2D eigenvalue weighted by molar-refractivity contribution is 0.0939. The van der Waals surface area contributed by atoms with Crippen LogP contribution in [0, 0.1) is 6.92 Å². The molecule has 0 saturated heterocycles. The lowest BCUT2D eigenvalue weighted by Crippen LogP contribution is -2.26. The van der Waals surface area contributed by atoms with E-state index in [4.69, 9.17) is 0 Å². The Hall–Kier alpha value is -4.00. The van der Waals surface area contributed by atoms with Crippen molar-refractivity contribution in [2.75, 3.05) is 0 Å². The molecule has 0 aliphatic heterocycles. The predicted molar refractivity (Wildman–Crippen MR) is 113 cm³/mol. The van der Waals surface area contributed by atoms with E-state index >= 15 is 0 Å². The molecule has 0 saturated carbocycles. The minimum Gasteiger partial charge on any atom is -0.347 e. The second-order valence-corrected chi connectivity index (χ2v) is 6.89. The van der Waals surface area contributed by atoms with Crippen molar-refractivity contribution in [3.63, 3.8) is 0 Å². The van der Waals surface area contributed by atoms with Gasteiger partial charge in [0.1, 0.15) is 0 Å². The summed E-state index contributed by atoms with van der Waals surface area (Å²) in [5, 5.41) is 5.75. The van der Waals surface area contributed by atoms with Crippen LogP contribution in [0.5, 0.6) is 0 Å². The van der Waals surface area contributed by atoms with E-state index in [9.17, 15) is 9.59 Å². The van der Waals surface area contributed by atoms with Crippen molar-refractivity contribution in [3.05, 3.63) is 101 Å². The molecule has 7 nitrogen and oxygen atoms in total. The molecular formula is C23H21N5O2. The lowest BCUT2D eigenvalue weighted by atomic mass is 10.1. The number of aromatic nitrogens is 3. The van der Waals surface area contributed by atoms with Crippen LogP contribution in [0.2, 0.25) is 0 Å². The number of benzene rings is 1. The maximum Gasteiger partial charge on any atom is 0.287 e. The first-order valence-electron chi connectivity index (χ1n) is 9.60. The molecule has 3 heterocycles. The Bertz CT molecular complexity index is 1200. The van der Waals surface area contributed by atoms with Crippen molar-refractivity contribution in [1.29, 1.82) is 0 Å². The number of hydrogen-bond acceptors (Lipinski definition) is 4. The molecule has 0 spiro atoms. The van der Waals surface area contributed by atoms with Gasteiger partial charge in [-0.15, -0.1) is 0 Å². The summed E-state index contributed by atoms with van der Waals surface area (Å²) < 4.78 is 1.63. The minimum atomic E-state index is -0.356. The Morgan fingerprint density at radius 2 is 1.63 bits per heavy atom. The van der Waals surface area contributed by atoms with Crippen molar-refractivity contribution in [2.24, 2.45) is 0 Å². The first-order valence-corrected chi connectivity index (χ1v) is 9.60. The number of pyridine rings is 2. The molecule has 7 heteroatoms. The van der Waals surface area contributed by atoms with Gasteiger partial charge in [0.2, 0.25) is 5.82 Å². The van der Waals surface area contributed by atoms with Gasteiger partial charge in [0, 0.05) is 31.7 Å². The number of aryl methyl sites for hydroxylation is 1. The van der Waals surface area contributed by atoms with Gasteiger partial charge in [0.05, 0.1) is 5.52 Å². The van der Waals surface area contributed by atoms with Gasteiger partial charge < -0.3 is 10.6 Å². The fourth-order valence-electron chi connectivity index (χ4n) is 3.19. The summed E-state index contributed by atoms with van der Waals surface area (Å²) >= 11 is 0. The number of imidazole rings is 1. The number of fused-ring (bicyclic) bond motifs is 1. The number of hydrogen-bond donors (Lipinski definition) is 2. The average Bonchev–Trinajstić information content (AvgIpc) is 3.17. The molecule has 0 unspecified atom stereocenters. The van der Waals surface area contributed by atoms with E-state index in [0.29, 0.717) is 18.6 Å². The van der Waals surface area contributed by atoms with Crippen molar-refractivity contribution in [2.45, 2.75) is 20.0 Å². The Balaban J connectivity index is 1.55. The first-order chi connectivity index (χ1) is 14.6. The van der Waals surface area contributed by atoms with Crippen LogP contribution in [0.15, 0.2) is 73.2 Å². The second kappa shape index (κ2) is 8.57. The fourth-order valence-corrected chi connectivity index (χ4v) is 3.19. The van der Waals surface area contributed by atoms with Gasteiger partial charge in [-0.05, 0) is 47.9 Å². The highest BCUT2D eigenvalue weighted by Gasteiger charge is 2.21. The van der Waals surface area contributed by atoms with Gasteiger partial charge in [-0.25, -0.2) is 4.98 Å². The molecule has 3 aromatic heterocycles. The van der Waals surface area contributed by atoms with E-state index in [-0.39, 0.29) is 23.3 Å². The first kappa shape index (κ1) is 19.3. The van der Waals surface area contributed by atoms with Gasteiger partial charge in [0.15, 0.2) is 5.69 Å². The SMILES string of the molecule is Cc1ccccc1CNC(=O)c1nc(C(=O)NCc2ccncc2)n2ccccc12. The molecule has 2 N–H and O–H groups in total. The van der Waals surface area contributed by atoms with Crippen LogP contribution in [0.4, 0.5) is 0 Å². The highest BCUT2D eigenvalue weighted by Crippen LogP contribution is 2.14. The number of rotatable bonds is 6. The summed E-state index contributed by atoms with van der Waals surface area (Å²) in [6, 6.07) is 16.9. The maximum atomic E-state index is 12.8. The maximum absolute atomic E-state index is 12.8. The van der Waals surface area contributed by atoms with Crippen LogP contribution in [0.3, 0.4) is 0 Å². The molecule has 1 aromatic carbocycles. The molecule has 150 valence electrons. The zero-order chi connectivity index (χ0) is 20.9. The van der Waals surface area contributed by atoms with E-state index < -0.39 is 0 Å². The monoisotopic (exact) mass is 399 g/mol. The highest BCUT2D eigenvalue weighted by atomic mass is 16.2. The van der Waals surface area contributed by atoms with Crippen molar-refractivity contribution in [3.8, 4) is 0 Å². The second-order valence-electron chi connectivity index (χ2n) is 6.89. The van der Waals surface area contributed by atoms with Crippen LogP contribution in [0.1, 0.15) is 37.8 Å². The van der Waals surface area contributed by atoms with E-state index in [1.165, 1.54) is 0 Å². The van der Waals surface area contributed by atoms with E-state index in [0.717, 1.165) is 16.7 Å². The molecule has 30 heavy (non-hydrogen) atoms. The van der Waals surface area contributed by atoms with Crippen LogP contribution in [-0.4, -0.2) is 26.2 Å². The standard InChI is InChI=1S/C23H21N5O2/c1-16-6-2-3-7-18(16)15-26-22(29)20-19-8-4-5-13-28(19)21(27-20)23(30)25-14-17-9-11-24-12-10-17/h2-13H,14-15H2,1H3,(H,25,30)(H,26,29). The van der Waals surface area contributed by atoms with Crippen molar-refractivity contribution < 1.29 is 9.59 Å². The summed E-state index contributed by atoms with van der Waals surface area (Å²) in [7, 11) is 0. The Morgan fingerprint density at radius 1 is 0.900 bits per heavy atom. The largest absolute Gasteiger partial charge is 0.347 e. The van der Waals surface area contributed by atoms with Crippen LogP contribution >= 0.6 is 0 Å². The van der Waals surface area contributed by atoms with E-state index in [1.807, 2.05) is 49.4 Å². The summed E-state index contributed by atoms with van der Waals surface area (Å²) in [4.78, 5) is 33.9. The minimum absolute atomic E-state index is 0.167. The Labute approximate surface area is 173 Å². The number of nitrogens with zero attached hydrogens (tertiary/aromatic N) is 3. The van der Waals surface area contributed by atoms with Gasteiger partial charge in [-0.3, -0.25) is 19.0 Å². The summed E-state index contributed by atoms with van der Waals surface area (Å²) in [5.74, 6) is -0.512. The molecule has 0 atom stereocenters. The number of carbonyl (C=O) groups is 2. The number of amides is 2. The number of carbonyl (C=O) groups excluding carboxylic acids is 2. The zero-order valence-corrected chi connectivity index (χ0v) is 16.5. The smallest absolute Gasteiger partial charge is 0.287 e. The summed E-state index contributed by atoms with van der Waals surface area (Å²) in [5.41, 5.74) is 3.86. The fraction of sp³-hybridized carbons (Fsp3) is 0.130. The van der Waals surface area contributed by atoms with Gasteiger partial charge in [-0.2, -0.15) is 0 Å². The van der Waals surface area contributed by atoms with Gasteiger partial charge >= 0.3 is 0 Å². The third-order valence-electron chi connectivity index (χ3n) is 4.87. The molecule has 0 bridgehead atoms. The van der Waals surface area contributed by atoms with Gasteiger partial charge in [-0.1, -0.05) is 30.3 Å². The van der Waals surface area contributed by atoms with E-state index in [1.54, 1.807) is 35.1 Å². The normalized spacial score (nSPS) is 10.7. The van der Waals surface area contributed by atoms with E-state index in [2.05, 4.69) is 20.6 Å². The molecular weight excluding hydrogens is 378 g/mol. The Kier molecular flexibility index (Phi) is 5.52. The van der Waals surface area contributed by atoms with Crippen LogP contribution < -0.4 is 10.6 Å². The third kappa shape index (κ3) is 4.05. The molecule has 4 aromatic rings. The molecule has 0 aliphatic carbocycles. The lowest BCUT2D eigenvalue weighted by Gasteiger charge is -2.06. The van der Waals surface area contributed by atoms with Crippen LogP contribution in [0.25, 0.3) is 5.52 Å². The average molecular weight is 399 g/mol. The van der Waals surface area contributed by atoms with Crippen molar-refractivity contribution >= 4 is 17.3 Å². The summed E-state index contributed by atoms with van der Waals surface area (Å²) in [6.45, 7) is 2.73. The molecule has 2 amide bonds. The quantitative estimate of drug-likeness (QED) is 0.522. The molecule has 4 rings (SSSR count). The highest BCUT2D eigenvalue weighted by molar-refractivity contribution is 6.02. The molecule has 0 fully saturated rings. The van der Waals surface area contributed by atoms with Crippen LogP contribution in [-0.2, 0) is 13.1 Å². The zero-order valence-electron chi connectivity index (χ0n) is 16.5. The topological polar surface area (TPSA) is 88.4 Å². The Morgan fingerprint density at radius 3 is 2.43 bits per heavy atom. The molecule has 0 radical (unpaired) electrons. The van der Waals surface area contributed by atoms with Crippen molar-refractivity contribution in [1.82, 2.24) is 25.0 Å².